The van der Waals surface area contributed by atoms with Gasteiger partial charge in [-0.25, -0.2) is 0 Å². The van der Waals surface area contributed by atoms with Crippen molar-refractivity contribution in [1.29, 1.82) is 0 Å². The van der Waals surface area contributed by atoms with E-state index in [1.54, 1.807) is 0 Å². The molecule has 0 unspecified atom stereocenters. The molecule has 5 aliphatic carbocycles. The van der Waals surface area contributed by atoms with Gasteiger partial charge < -0.3 is 14.6 Å². The average Bonchev–Trinajstić information content (AvgIpc) is 3.37. The Bertz CT molecular complexity index is 1280. The second-order valence-electron chi connectivity index (χ2n) is 19.9. The molecule has 5 saturated carbocycles. The number of carboxylic acid groups (broad SMARTS) is 1. The van der Waals surface area contributed by atoms with E-state index in [4.69, 9.17) is 9.47 Å². The third-order valence-corrected chi connectivity index (χ3v) is 16.3. The van der Waals surface area contributed by atoms with E-state index < -0.39 is 11.4 Å². The van der Waals surface area contributed by atoms with Gasteiger partial charge in [-0.2, -0.15) is 0 Å². The molecule has 5 rings (SSSR count). The fourth-order valence-corrected chi connectivity index (χ4v) is 13.7. The number of hydrogen-bond acceptors (Lipinski definition) is 5. The Morgan fingerprint density at radius 3 is 2.20 bits per heavy atom. The summed E-state index contributed by atoms with van der Waals surface area (Å²) in [4.78, 5) is 37.0. The largest absolute Gasteiger partial charge is 0.481 e. The Morgan fingerprint density at radius 2 is 1.55 bits per heavy atom. The first-order chi connectivity index (χ1) is 22.8. The third-order valence-electron chi connectivity index (χ3n) is 16.3. The number of carbonyl (C=O) groups excluding carboxylic acids is 2. The Labute approximate surface area is 298 Å². The first-order valence-corrected chi connectivity index (χ1v) is 20.0. The minimum absolute atomic E-state index is 0.0302. The van der Waals surface area contributed by atoms with Crippen LogP contribution in [0.4, 0.5) is 0 Å². The van der Waals surface area contributed by atoms with Crippen molar-refractivity contribution in [2.45, 2.75) is 171 Å². The van der Waals surface area contributed by atoms with E-state index in [0.717, 1.165) is 38.5 Å². The summed E-state index contributed by atoms with van der Waals surface area (Å²) in [5.74, 6) is 1.75. The van der Waals surface area contributed by atoms with Crippen molar-refractivity contribution in [3.8, 4) is 0 Å². The van der Waals surface area contributed by atoms with Crippen LogP contribution >= 0.6 is 0 Å². The third kappa shape index (κ3) is 6.67. The number of carbonyl (C=O) groups is 3. The van der Waals surface area contributed by atoms with E-state index in [1.807, 2.05) is 13.8 Å². The van der Waals surface area contributed by atoms with Crippen molar-refractivity contribution in [2.75, 3.05) is 6.61 Å². The van der Waals surface area contributed by atoms with Gasteiger partial charge in [0, 0.05) is 11.8 Å². The van der Waals surface area contributed by atoms with Crippen LogP contribution in [-0.4, -0.2) is 35.7 Å². The van der Waals surface area contributed by atoms with Crippen LogP contribution in [0.3, 0.4) is 0 Å². The molecule has 0 bridgehead atoms. The normalized spacial score (nSPS) is 41.0. The summed E-state index contributed by atoms with van der Waals surface area (Å²) in [5, 5.41) is 9.33. The minimum atomic E-state index is -0.879. The lowest BCUT2D eigenvalue weighted by molar-refractivity contribution is -0.251. The topological polar surface area (TPSA) is 89.9 Å². The summed E-state index contributed by atoms with van der Waals surface area (Å²) < 4.78 is 12.1. The number of unbranched alkanes of at least 4 members (excludes halogenated alkanes) is 1. The number of fused-ring (bicyclic) bond motifs is 7. The Morgan fingerprint density at radius 1 is 0.837 bits per heavy atom. The highest BCUT2D eigenvalue weighted by Crippen LogP contribution is 2.78. The number of ether oxygens (including phenoxy) is 2. The summed E-state index contributed by atoms with van der Waals surface area (Å²) in [5.41, 5.74) is 1.48. The molecule has 0 aromatic rings. The summed E-state index contributed by atoms with van der Waals surface area (Å²) in [7, 11) is 0. The molecule has 0 aliphatic heterocycles. The molecule has 49 heavy (non-hydrogen) atoms. The van der Waals surface area contributed by atoms with Crippen molar-refractivity contribution in [2.24, 2.45) is 62.1 Å². The van der Waals surface area contributed by atoms with E-state index in [-0.39, 0.29) is 58.0 Å². The fraction of sp³-hybridized carbons (Fsp3) is 0.884. The zero-order valence-electron chi connectivity index (χ0n) is 32.7. The van der Waals surface area contributed by atoms with E-state index in [2.05, 4.69) is 55.0 Å². The molecule has 0 heterocycles. The number of carboxylic acids is 1. The van der Waals surface area contributed by atoms with Gasteiger partial charge in [0.2, 0.25) is 0 Å². The number of hydrogen-bond donors (Lipinski definition) is 1. The molecule has 0 aromatic carbocycles. The SMILES string of the molecule is C=C(C)[C@@H]1CC[C@]2(CCOC(=O)CCCC)CC[C@]3(C)[C@H](CC[C@@H]4[C@@]5(C)CC[C@H](OC(=O)CC(C)(C)CC(=O)O)C(C)(C)[C@@H]5CC[C@]43C)[C@@H]12. The van der Waals surface area contributed by atoms with Gasteiger partial charge in [-0.05, 0) is 141 Å². The maximum absolute atomic E-state index is 13.2. The Hall–Kier alpha value is -1.85. The van der Waals surface area contributed by atoms with Gasteiger partial charge in [-0.3, -0.25) is 14.4 Å². The molecule has 6 heteroatoms. The summed E-state index contributed by atoms with van der Waals surface area (Å²) in [6, 6.07) is 0. The number of esters is 2. The summed E-state index contributed by atoms with van der Waals surface area (Å²) in [6.45, 7) is 25.8. The van der Waals surface area contributed by atoms with E-state index >= 15 is 0 Å². The fourth-order valence-electron chi connectivity index (χ4n) is 13.7. The van der Waals surface area contributed by atoms with Crippen LogP contribution in [0.5, 0.6) is 0 Å². The predicted octanol–water partition coefficient (Wildman–Crippen LogP) is 10.6. The van der Waals surface area contributed by atoms with E-state index in [9.17, 15) is 19.5 Å². The molecule has 0 aromatic heterocycles. The maximum atomic E-state index is 13.2. The molecule has 0 amide bonds. The zero-order chi connectivity index (χ0) is 36.2. The van der Waals surface area contributed by atoms with E-state index in [0.29, 0.717) is 42.6 Å². The van der Waals surface area contributed by atoms with Crippen LogP contribution in [0.25, 0.3) is 0 Å². The highest BCUT2D eigenvalue weighted by atomic mass is 16.5. The molecular weight excluding hydrogens is 612 g/mol. The smallest absolute Gasteiger partial charge is 0.306 e. The van der Waals surface area contributed by atoms with Gasteiger partial charge in [0.25, 0.3) is 0 Å². The molecule has 0 saturated heterocycles. The van der Waals surface area contributed by atoms with Crippen molar-refractivity contribution in [3.05, 3.63) is 12.2 Å². The lowest BCUT2D eigenvalue weighted by Crippen LogP contribution is -2.66. The summed E-state index contributed by atoms with van der Waals surface area (Å²) >= 11 is 0. The molecule has 10 atom stereocenters. The van der Waals surface area contributed by atoms with Crippen LogP contribution in [-0.2, 0) is 23.9 Å². The number of rotatable bonds is 12. The molecule has 0 spiro atoms. The summed E-state index contributed by atoms with van der Waals surface area (Å²) in [6.07, 6.45) is 15.2. The van der Waals surface area contributed by atoms with Crippen molar-refractivity contribution >= 4 is 17.9 Å². The molecule has 5 fully saturated rings. The van der Waals surface area contributed by atoms with Gasteiger partial charge in [-0.15, -0.1) is 0 Å². The molecule has 6 nitrogen and oxygen atoms in total. The van der Waals surface area contributed by atoms with Gasteiger partial charge in [0.05, 0.1) is 19.4 Å². The monoisotopic (exact) mass is 683 g/mol. The minimum Gasteiger partial charge on any atom is -0.481 e. The molecule has 278 valence electrons. The van der Waals surface area contributed by atoms with Gasteiger partial charge >= 0.3 is 17.9 Å². The van der Waals surface area contributed by atoms with Crippen LogP contribution in [0, 0.1) is 62.1 Å². The number of allylic oxidation sites excluding steroid dienone is 1. The lowest BCUT2D eigenvalue weighted by Gasteiger charge is -2.73. The second-order valence-corrected chi connectivity index (χ2v) is 19.9. The van der Waals surface area contributed by atoms with Crippen LogP contribution in [0.1, 0.15) is 165 Å². The Balaban J connectivity index is 1.35. The first kappa shape index (κ1) is 38.4. The van der Waals surface area contributed by atoms with Gasteiger partial charge in [0.1, 0.15) is 6.10 Å². The van der Waals surface area contributed by atoms with E-state index in [1.165, 1.54) is 50.5 Å². The van der Waals surface area contributed by atoms with Crippen molar-refractivity contribution < 1.29 is 29.0 Å². The predicted molar refractivity (Wildman–Crippen MR) is 195 cm³/mol. The zero-order valence-corrected chi connectivity index (χ0v) is 32.7. The Kier molecular flexibility index (Phi) is 10.7. The van der Waals surface area contributed by atoms with Crippen LogP contribution in [0.15, 0.2) is 12.2 Å². The average molecular weight is 683 g/mol. The van der Waals surface area contributed by atoms with Gasteiger partial charge in [0.15, 0.2) is 0 Å². The van der Waals surface area contributed by atoms with Gasteiger partial charge in [-0.1, -0.05) is 74.0 Å². The molecule has 5 aliphatic rings. The molecular formula is C43H70O6. The number of aliphatic carboxylic acids is 1. The van der Waals surface area contributed by atoms with Crippen LogP contribution < -0.4 is 0 Å². The second kappa shape index (κ2) is 13.6. The molecule has 0 radical (unpaired) electrons. The lowest BCUT2D eigenvalue weighted by atomic mass is 9.32. The quantitative estimate of drug-likeness (QED) is 0.163. The van der Waals surface area contributed by atoms with Crippen molar-refractivity contribution in [1.82, 2.24) is 0 Å². The van der Waals surface area contributed by atoms with Crippen molar-refractivity contribution in [3.63, 3.8) is 0 Å². The standard InChI is InChI=1S/C43H70O6/c1-11-12-13-35(46)48-25-24-43-21-16-29(28(2)3)37(43)30-14-15-32-40(8)19-18-33(49-36(47)27-38(4,5)26-34(44)45)39(6,7)31(40)17-20-42(32,10)41(30,9)22-23-43/h29-33,37H,2,11-27H2,1,3-10H3,(H,44,45)/t29-,30+,31-,32+,33-,37+,40-,41+,42+,43+/m0/s1. The molecule has 1 N–H and O–H groups in total. The first-order valence-electron chi connectivity index (χ1n) is 20.0. The maximum Gasteiger partial charge on any atom is 0.306 e. The highest BCUT2D eigenvalue weighted by Gasteiger charge is 2.71. The highest BCUT2D eigenvalue weighted by molar-refractivity contribution is 5.73. The van der Waals surface area contributed by atoms with Crippen LogP contribution in [0.2, 0.25) is 0 Å².